The van der Waals surface area contributed by atoms with Crippen LogP contribution in [0.4, 0.5) is 0 Å². The fraction of sp³-hybridized carbons (Fsp3) is 0.600. The Balaban J connectivity index is 2.00. The quantitative estimate of drug-likeness (QED) is 0.821. The van der Waals surface area contributed by atoms with E-state index in [2.05, 4.69) is 53.8 Å². The largest absolute Gasteiger partial charge is 0.327 e. The molecule has 1 nitrogen and oxygen atoms in total. The second-order valence-electron chi connectivity index (χ2n) is 5.65. The molecule has 1 unspecified atom stereocenters. The van der Waals surface area contributed by atoms with Crippen LogP contribution in [-0.2, 0) is 6.42 Å². The first-order valence-electron chi connectivity index (χ1n) is 6.60. The van der Waals surface area contributed by atoms with Crippen molar-refractivity contribution in [2.24, 2.45) is 11.1 Å². The van der Waals surface area contributed by atoms with Gasteiger partial charge in [-0.2, -0.15) is 0 Å². The number of halogens is 1. The Morgan fingerprint density at radius 2 is 1.76 bits per heavy atom. The van der Waals surface area contributed by atoms with Gasteiger partial charge in [0, 0.05) is 9.61 Å². The minimum atomic E-state index is 0.308. The second-order valence-corrected chi connectivity index (χ2v) is 6.90. The minimum absolute atomic E-state index is 0.308. The number of hydrogen-bond donors (Lipinski definition) is 1. The van der Waals surface area contributed by atoms with Crippen molar-refractivity contribution in [2.45, 2.75) is 51.5 Å². The van der Waals surface area contributed by atoms with Gasteiger partial charge in [0.25, 0.3) is 0 Å². The van der Waals surface area contributed by atoms with Crippen LogP contribution in [0.15, 0.2) is 24.3 Å². The third-order valence-electron chi connectivity index (χ3n) is 4.26. The molecule has 2 heteroatoms. The number of hydrogen-bond acceptors (Lipinski definition) is 1. The Labute approximate surface area is 118 Å². The van der Waals surface area contributed by atoms with Crippen LogP contribution in [0.25, 0.3) is 0 Å². The van der Waals surface area contributed by atoms with Crippen LogP contribution in [0.5, 0.6) is 0 Å². The Bertz CT molecular complexity index is 352. The average Bonchev–Trinajstić information content (AvgIpc) is 2.33. The molecule has 2 rings (SSSR count). The van der Waals surface area contributed by atoms with E-state index in [0.29, 0.717) is 11.5 Å². The van der Waals surface area contributed by atoms with E-state index in [1.54, 1.807) is 0 Å². The van der Waals surface area contributed by atoms with Gasteiger partial charge in [-0.1, -0.05) is 38.3 Å². The Hall–Kier alpha value is -0.0900. The van der Waals surface area contributed by atoms with E-state index in [-0.39, 0.29) is 0 Å². The number of rotatable bonds is 3. The normalized spacial score (nSPS) is 21.1. The van der Waals surface area contributed by atoms with Crippen molar-refractivity contribution < 1.29 is 0 Å². The summed E-state index contributed by atoms with van der Waals surface area (Å²) in [5, 5.41) is 0. The predicted molar refractivity (Wildman–Crippen MR) is 82.0 cm³/mol. The highest BCUT2D eigenvalue weighted by atomic mass is 127. The Morgan fingerprint density at radius 1 is 1.18 bits per heavy atom. The lowest BCUT2D eigenvalue weighted by molar-refractivity contribution is 0.169. The van der Waals surface area contributed by atoms with Crippen molar-refractivity contribution in [1.29, 1.82) is 0 Å². The molecule has 1 aromatic carbocycles. The van der Waals surface area contributed by atoms with Crippen LogP contribution in [0, 0.1) is 8.99 Å². The second kappa shape index (κ2) is 5.70. The zero-order valence-electron chi connectivity index (χ0n) is 10.6. The first-order valence-corrected chi connectivity index (χ1v) is 7.68. The zero-order valence-corrected chi connectivity index (χ0v) is 12.7. The van der Waals surface area contributed by atoms with Crippen molar-refractivity contribution in [3.05, 3.63) is 33.4 Å². The molecule has 1 atom stereocenters. The molecular weight excluding hydrogens is 321 g/mol. The molecule has 1 aliphatic carbocycles. The van der Waals surface area contributed by atoms with Crippen LogP contribution < -0.4 is 5.73 Å². The molecule has 94 valence electrons. The van der Waals surface area contributed by atoms with Crippen molar-refractivity contribution in [3.8, 4) is 0 Å². The summed E-state index contributed by atoms with van der Waals surface area (Å²) in [6, 6.07) is 9.09. The van der Waals surface area contributed by atoms with Gasteiger partial charge in [0.15, 0.2) is 0 Å². The summed E-state index contributed by atoms with van der Waals surface area (Å²) in [5.74, 6) is 0. The zero-order chi connectivity index (χ0) is 12.3. The van der Waals surface area contributed by atoms with Gasteiger partial charge in [-0.15, -0.1) is 0 Å². The molecule has 17 heavy (non-hydrogen) atoms. The standard InChI is InChI=1S/C15H22IN/c1-15(9-3-2-4-10-15)14(17)11-12-5-7-13(16)8-6-12/h5-8,14H,2-4,9-11,17H2,1H3. The van der Waals surface area contributed by atoms with Crippen LogP contribution in [0.1, 0.15) is 44.6 Å². The average molecular weight is 343 g/mol. The molecule has 0 saturated heterocycles. The van der Waals surface area contributed by atoms with E-state index < -0.39 is 0 Å². The van der Waals surface area contributed by atoms with Crippen molar-refractivity contribution >= 4 is 22.6 Å². The molecule has 1 saturated carbocycles. The number of nitrogens with two attached hydrogens (primary N) is 1. The van der Waals surface area contributed by atoms with Crippen molar-refractivity contribution in [2.75, 3.05) is 0 Å². The molecule has 1 aromatic rings. The lowest BCUT2D eigenvalue weighted by Crippen LogP contribution is -2.42. The summed E-state index contributed by atoms with van der Waals surface area (Å²) >= 11 is 2.34. The van der Waals surface area contributed by atoms with Crippen LogP contribution in [0.3, 0.4) is 0 Å². The minimum Gasteiger partial charge on any atom is -0.327 e. The predicted octanol–water partition coefficient (Wildman–Crippen LogP) is 4.13. The topological polar surface area (TPSA) is 26.0 Å². The van der Waals surface area contributed by atoms with Gasteiger partial charge < -0.3 is 5.73 Å². The first-order chi connectivity index (χ1) is 8.10. The molecule has 0 aromatic heterocycles. The summed E-state index contributed by atoms with van der Waals surface area (Å²) in [7, 11) is 0. The summed E-state index contributed by atoms with van der Waals surface area (Å²) in [4.78, 5) is 0. The smallest absolute Gasteiger partial charge is 0.0133 e. The van der Waals surface area contributed by atoms with Crippen molar-refractivity contribution in [3.63, 3.8) is 0 Å². The maximum absolute atomic E-state index is 6.45. The maximum atomic E-state index is 6.45. The van der Waals surface area contributed by atoms with Gasteiger partial charge in [-0.3, -0.25) is 0 Å². The van der Waals surface area contributed by atoms with E-state index >= 15 is 0 Å². The van der Waals surface area contributed by atoms with E-state index in [4.69, 9.17) is 5.73 Å². The van der Waals surface area contributed by atoms with Crippen molar-refractivity contribution in [1.82, 2.24) is 0 Å². The van der Waals surface area contributed by atoms with Gasteiger partial charge in [0.05, 0.1) is 0 Å². The summed E-state index contributed by atoms with van der Waals surface area (Å²) in [5.41, 5.74) is 8.19. The molecule has 0 heterocycles. The lowest BCUT2D eigenvalue weighted by atomic mass is 9.69. The fourth-order valence-corrected chi connectivity index (χ4v) is 3.21. The monoisotopic (exact) mass is 343 g/mol. The third-order valence-corrected chi connectivity index (χ3v) is 4.98. The molecule has 0 spiro atoms. The lowest BCUT2D eigenvalue weighted by Gasteiger charge is -2.39. The highest BCUT2D eigenvalue weighted by Crippen LogP contribution is 2.38. The van der Waals surface area contributed by atoms with Gasteiger partial charge >= 0.3 is 0 Å². The molecule has 0 aliphatic heterocycles. The summed E-state index contributed by atoms with van der Waals surface area (Å²) in [6.07, 6.45) is 7.74. The molecule has 0 radical (unpaired) electrons. The molecule has 0 bridgehead atoms. The SMILES string of the molecule is CC1(C(N)Cc2ccc(I)cc2)CCCCC1. The molecule has 0 amide bonds. The van der Waals surface area contributed by atoms with Gasteiger partial charge in [0.1, 0.15) is 0 Å². The van der Waals surface area contributed by atoms with E-state index in [9.17, 15) is 0 Å². The molecule has 2 N–H and O–H groups in total. The van der Waals surface area contributed by atoms with Gasteiger partial charge in [0.2, 0.25) is 0 Å². The van der Waals surface area contributed by atoms with E-state index in [1.165, 1.54) is 41.2 Å². The molecular formula is C15H22IN. The van der Waals surface area contributed by atoms with E-state index in [1.807, 2.05) is 0 Å². The fourth-order valence-electron chi connectivity index (χ4n) is 2.85. The van der Waals surface area contributed by atoms with Crippen LogP contribution >= 0.6 is 22.6 Å². The molecule has 1 fully saturated rings. The maximum Gasteiger partial charge on any atom is 0.0133 e. The summed E-state index contributed by atoms with van der Waals surface area (Å²) in [6.45, 7) is 2.38. The van der Waals surface area contributed by atoms with E-state index in [0.717, 1.165) is 6.42 Å². The molecule has 1 aliphatic rings. The van der Waals surface area contributed by atoms with Gasteiger partial charge in [-0.25, -0.2) is 0 Å². The van der Waals surface area contributed by atoms with Crippen LogP contribution in [0.2, 0.25) is 0 Å². The highest BCUT2D eigenvalue weighted by molar-refractivity contribution is 14.1. The Morgan fingerprint density at radius 3 is 2.35 bits per heavy atom. The third kappa shape index (κ3) is 3.44. The Kier molecular flexibility index (Phi) is 4.47. The number of benzene rings is 1. The highest BCUT2D eigenvalue weighted by Gasteiger charge is 2.32. The van der Waals surface area contributed by atoms with Gasteiger partial charge in [-0.05, 0) is 65.0 Å². The summed E-state index contributed by atoms with van der Waals surface area (Å²) < 4.78 is 1.30. The van der Waals surface area contributed by atoms with Crippen LogP contribution in [-0.4, -0.2) is 6.04 Å². The first kappa shape index (κ1) is 13.3.